The molecule has 0 spiro atoms. The van der Waals surface area contributed by atoms with Crippen molar-refractivity contribution >= 4 is 45.3 Å². The number of nitrogens with one attached hydrogen (secondary N) is 1. The average molecular weight is 489 g/mol. The van der Waals surface area contributed by atoms with Gasteiger partial charge in [-0.05, 0) is 30.5 Å². The summed E-state index contributed by atoms with van der Waals surface area (Å²) in [6.07, 6.45) is -2.41. The van der Waals surface area contributed by atoms with Gasteiger partial charge in [-0.1, -0.05) is 23.5 Å². The van der Waals surface area contributed by atoms with E-state index in [0.29, 0.717) is 52.9 Å². The topological polar surface area (TPSA) is 106 Å². The molecule has 1 fully saturated rings. The Hall–Kier alpha value is -2.70. The molecule has 13 heteroatoms. The van der Waals surface area contributed by atoms with Crippen LogP contribution >= 0.6 is 23.7 Å². The Morgan fingerprint density at radius 1 is 1.28 bits per heavy atom. The molecule has 2 amide bonds. The van der Waals surface area contributed by atoms with Crippen molar-refractivity contribution in [2.45, 2.75) is 24.6 Å². The van der Waals surface area contributed by atoms with Crippen molar-refractivity contribution in [1.29, 1.82) is 0 Å². The number of benzene rings is 1. The Bertz CT molecular complexity index is 1120. The van der Waals surface area contributed by atoms with Crippen molar-refractivity contribution in [3.8, 4) is 5.88 Å². The summed E-state index contributed by atoms with van der Waals surface area (Å²) in [7, 11) is 1.47. The SMILES string of the molecule is COc1ncnc2sc(NC(=O)N3CCC(N)(c4cccc(C(F)(F)F)c4)CC3)nc12.Cl. The summed E-state index contributed by atoms with van der Waals surface area (Å²) in [6, 6.07) is 4.70. The smallest absolute Gasteiger partial charge is 0.416 e. The number of likely N-dealkylation sites (tertiary alicyclic amines) is 1. The number of aromatic nitrogens is 3. The van der Waals surface area contributed by atoms with Crippen LogP contribution < -0.4 is 15.8 Å². The zero-order valence-corrected chi connectivity index (χ0v) is 18.5. The second-order valence-corrected chi connectivity index (χ2v) is 8.19. The average Bonchev–Trinajstić information content (AvgIpc) is 3.16. The number of hydrogen-bond acceptors (Lipinski definition) is 7. The summed E-state index contributed by atoms with van der Waals surface area (Å²) >= 11 is 1.19. The van der Waals surface area contributed by atoms with E-state index >= 15 is 0 Å². The molecule has 1 aromatic carbocycles. The lowest BCUT2D eigenvalue weighted by molar-refractivity contribution is -0.137. The fourth-order valence-corrected chi connectivity index (χ4v) is 4.30. The molecule has 0 atom stereocenters. The first-order valence-electron chi connectivity index (χ1n) is 9.38. The number of alkyl halides is 3. The number of carbonyl (C=O) groups excluding carboxylic acids is 1. The Balaban J connectivity index is 0.00000289. The molecule has 3 heterocycles. The zero-order valence-electron chi connectivity index (χ0n) is 16.8. The predicted molar refractivity (Wildman–Crippen MR) is 116 cm³/mol. The Morgan fingerprint density at radius 2 is 2.00 bits per heavy atom. The lowest BCUT2D eigenvalue weighted by atomic mass is 9.81. The highest BCUT2D eigenvalue weighted by molar-refractivity contribution is 7.22. The van der Waals surface area contributed by atoms with Gasteiger partial charge in [-0.15, -0.1) is 12.4 Å². The number of ether oxygens (including phenoxy) is 1. The normalized spacial score (nSPS) is 15.8. The largest absolute Gasteiger partial charge is 0.479 e. The van der Waals surface area contributed by atoms with E-state index < -0.39 is 17.3 Å². The number of thiazole rings is 1. The number of urea groups is 1. The molecule has 0 bridgehead atoms. The van der Waals surface area contributed by atoms with E-state index in [-0.39, 0.29) is 18.4 Å². The first-order chi connectivity index (χ1) is 14.7. The van der Waals surface area contributed by atoms with Crippen LogP contribution in [0, 0.1) is 0 Å². The van der Waals surface area contributed by atoms with Gasteiger partial charge in [0.1, 0.15) is 6.33 Å². The van der Waals surface area contributed by atoms with E-state index in [0.717, 1.165) is 12.1 Å². The number of nitrogens with two attached hydrogens (primary N) is 1. The van der Waals surface area contributed by atoms with Crippen LogP contribution in [0.5, 0.6) is 5.88 Å². The highest BCUT2D eigenvalue weighted by Gasteiger charge is 2.37. The summed E-state index contributed by atoms with van der Waals surface area (Å²) in [6.45, 7) is 0.596. The van der Waals surface area contributed by atoms with Crippen LogP contribution in [0.2, 0.25) is 0 Å². The minimum Gasteiger partial charge on any atom is -0.479 e. The van der Waals surface area contributed by atoms with Gasteiger partial charge in [0.2, 0.25) is 5.88 Å². The monoisotopic (exact) mass is 488 g/mol. The third-order valence-electron chi connectivity index (χ3n) is 5.28. The molecular formula is C19H20ClF3N6O2S. The number of piperidine rings is 1. The van der Waals surface area contributed by atoms with Crippen LogP contribution in [-0.2, 0) is 11.7 Å². The van der Waals surface area contributed by atoms with Crippen LogP contribution in [-0.4, -0.2) is 46.1 Å². The summed E-state index contributed by atoms with van der Waals surface area (Å²) in [5.41, 5.74) is 5.63. The minimum absolute atomic E-state index is 0. The fraction of sp³-hybridized carbons (Fsp3) is 0.368. The van der Waals surface area contributed by atoms with Crippen molar-refractivity contribution in [1.82, 2.24) is 19.9 Å². The van der Waals surface area contributed by atoms with Crippen molar-refractivity contribution in [2.75, 3.05) is 25.5 Å². The number of rotatable bonds is 3. The predicted octanol–water partition coefficient (Wildman–Crippen LogP) is 4.02. The highest BCUT2D eigenvalue weighted by Crippen LogP contribution is 2.35. The molecule has 0 unspecified atom stereocenters. The van der Waals surface area contributed by atoms with Crippen LogP contribution in [0.15, 0.2) is 30.6 Å². The number of hydrogen-bond donors (Lipinski definition) is 2. The summed E-state index contributed by atoms with van der Waals surface area (Å²) < 4.78 is 44.3. The maximum atomic E-state index is 13.0. The van der Waals surface area contributed by atoms with Crippen molar-refractivity contribution < 1.29 is 22.7 Å². The fourth-order valence-electron chi connectivity index (χ4n) is 3.51. The number of fused-ring (bicyclic) bond motifs is 1. The zero-order chi connectivity index (χ0) is 22.2. The van der Waals surface area contributed by atoms with E-state index in [4.69, 9.17) is 10.5 Å². The quantitative estimate of drug-likeness (QED) is 0.577. The standard InChI is InChI=1S/C19H19F3N6O2S.ClH/c1-30-14-13-15(25-10-24-14)31-16(26-13)27-17(29)28-7-5-18(23,6-8-28)11-3-2-4-12(9-11)19(20,21)22;/h2-4,9-10H,5-8,23H2,1H3,(H,26,27,29);1H. The lowest BCUT2D eigenvalue weighted by Crippen LogP contribution is -2.50. The van der Waals surface area contributed by atoms with Crippen LogP contribution in [0.3, 0.4) is 0 Å². The van der Waals surface area contributed by atoms with Gasteiger partial charge in [-0.3, -0.25) is 5.32 Å². The number of anilines is 1. The summed E-state index contributed by atoms with van der Waals surface area (Å²) in [5, 5.41) is 3.08. The van der Waals surface area contributed by atoms with Crippen molar-refractivity contribution in [2.24, 2.45) is 5.73 Å². The number of amides is 2. The third kappa shape index (κ3) is 4.71. The summed E-state index contributed by atoms with van der Waals surface area (Å²) in [5.74, 6) is 0.314. The number of nitrogens with zero attached hydrogens (tertiary/aromatic N) is 4. The molecule has 1 saturated heterocycles. The molecule has 8 nitrogen and oxygen atoms in total. The number of carbonyl (C=O) groups is 1. The maximum absolute atomic E-state index is 13.0. The minimum atomic E-state index is -4.43. The Morgan fingerprint density at radius 3 is 2.66 bits per heavy atom. The van der Waals surface area contributed by atoms with Gasteiger partial charge in [-0.25, -0.2) is 14.8 Å². The van der Waals surface area contributed by atoms with Gasteiger partial charge in [0.25, 0.3) is 0 Å². The van der Waals surface area contributed by atoms with Crippen molar-refractivity contribution in [3.63, 3.8) is 0 Å². The van der Waals surface area contributed by atoms with E-state index in [1.807, 2.05) is 0 Å². The van der Waals surface area contributed by atoms with E-state index in [9.17, 15) is 18.0 Å². The highest BCUT2D eigenvalue weighted by atomic mass is 35.5. The molecule has 4 rings (SSSR count). The first-order valence-corrected chi connectivity index (χ1v) is 10.2. The molecule has 2 aromatic heterocycles. The third-order valence-corrected chi connectivity index (χ3v) is 6.16. The molecule has 32 heavy (non-hydrogen) atoms. The number of methoxy groups -OCH3 is 1. The Labute approximate surface area is 191 Å². The van der Waals surface area contributed by atoms with Crippen molar-refractivity contribution in [3.05, 3.63) is 41.7 Å². The molecule has 3 aromatic rings. The maximum Gasteiger partial charge on any atom is 0.416 e. The molecular weight excluding hydrogens is 469 g/mol. The van der Waals surface area contributed by atoms with Crippen LogP contribution in [0.25, 0.3) is 10.3 Å². The van der Waals surface area contributed by atoms with Crippen LogP contribution in [0.4, 0.5) is 23.1 Å². The number of halogens is 4. The van der Waals surface area contributed by atoms with E-state index in [1.165, 1.54) is 30.8 Å². The molecule has 0 saturated carbocycles. The van der Waals surface area contributed by atoms with Gasteiger partial charge in [0.15, 0.2) is 15.5 Å². The molecule has 1 aliphatic heterocycles. The Kier molecular flexibility index (Phi) is 6.77. The van der Waals surface area contributed by atoms with E-state index in [2.05, 4.69) is 20.3 Å². The molecule has 0 aliphatic carbocycles. The van der Waals surface area contributed by atoms with E-state index in [1.54, 1.807) is 11.0 Å². The molecule has 172 valence electrons. The van der Waals surface area contributed by atoms with Crippen LogP contribution in [0.1, 0.15) is 24.0 Å². The molecule has 3 N–H and O–H groups in total. The van der Waals surface area contributed by atoms with Gasteiger partial charge in [0, 0.05) is 18.6 Å². The second kappa shape index (κ2) is 9.04. The van der Waals surface area contributed by atoms with Gasteiger partial charge < -0.3 is 15.4 Å². The summed E-state index contributed by atoms with van der Waals surface area (Å²) in [4.78, 5) is 27.2. The van der Waals surface area contributed by atoms with Gasteiger partial charge >= 0.3 is 12.2 Å². The lowest BCUT2D eigenvalue weighted by Gasteiger charge is -2.39. The second-order valence-electron chi connectivity index (χ2n) is 7.21. The van der Waals surface area contributed by atoms with Gasteiger partial charge in [-0.2, -0.15) is 18.2 Å². The van der Waals surface area contributed by atoms with Gasteiger partial charge in [0.05, 0.1) is 12.7 Å². The molecule has 0 radical (unpaired) electrons. The first kappa shape index (κ1) is 24.0. The molecule has 1 aliphatic rings.